The molecule has 2 aromatic heterocycles. The molecule has 0 aliphatic carbocycles. The van der Waals surface area contributed by atoms with Gasteiger partial charge in [0.1, 0.15) is 4.90 Å². The highest BCUT2D eigenvalue weighted by Gasteiger charge is 2.23. The molecule has 104 valence electrons. The summed E-state index contributed by atoms with van der Waals surface area (Å²) in [5, 5.41) is 14.5. The maximum Gasteiger partial charge on any atom is 0.242 e. The second kappa shape index (κ2) is 5.37. The Balaban J connectivity index is 2.20. The molecule has 0 saturated heterocycles. The minimum atomic E-state index is -3.70. The molecule has 9 heteroatoms. The molecule has 0 fully saturated rings. The minimum absolute atomic E-state index is 0.0557. The Kier molecular flexibility index (Phi) is 3.99. The van der Waals surface area contributed by atoms with Gasteiger partial charge in [0, 0.05) is 6.92 Å². The number of nitrogens with one attached hydrogen (secondary N) is 1. The molecule has 0 bridgehead atoms. The molecule has 0 spiro atoms. The molecule has 0 atom stereocenters. The van der Waals surface area contributed by atoms with Crippen molar-refractivity contribution in [1.29, 1.82) is 0 Å². The van der Waals surface area contributed by atoms with Crippen LogP contribution in [0, 0.1) is 13.8 Å². The number of hydrogen-bond donors (Lipinski definition) is 2. The van der Waals surface area contributed by atoms with Gasteiger partial charge in [-0.2, -0.15) is 4.98 Å². The summed E-state index contributed by atoms with van der Waals surface area (Å²) in [6.07, 6.45) is 0. The van der Waals surface area contributed by atoms with Gasteiger partial charge in [0.2, 0.25) is 15.9 Å². The number of sulfonamides is 1. The largest absolute Gasteiger partial charge is 0.391 e. The average Bonchev–Trinajstić information content (AvgIpc) is 2.93. The van der Waals surface area contributed by atoms with Gasteiger partial charge in [0.15, 0.2) is 5.82 Å². The van der Waals surface area contributed by atoms with Crippen molar-refractivity contribution < 1.29 is 18.0 Å². The lowest BCUT2D eigenvalue weighted by Gasteiger charge is -2.06. The van der Waals surface area contributed by atoms with Crippen LogP contribution >= 0.6 is 11.3 Å². The lowest BCUT2D eigenvalue weighted by Crippen LogP contribution is -2.25. The molecule has 0 aliphatic heterocycles. The van der Waals surface area contributed by atoms with Crippen molar-refractivity contribution in [2.45, 2.75) is 31.9 Å². The Morgan fingerprint density at radius 2 is 2.21 bits per heavy atom. The SMILES string of the molecule is Cc1nc(CNS(=O)(=O)c2c(C)csc2CO)no1. The number of aryl methyl sites for hydroxylation is 2. The van der Waals surface area contributed by atoms with Crippen molar-refractivity contribution in [3.63, 3.8) is 0 Å². The van der Waals surface area contributed by atoms with Crippen molar-refractivity contribution >= 4 is 21.4 Å². The summed E-state index contributed by atoms with van der Waals surface area (Å²) < 4.78 is 31.5. The molecular weight excluding hydrogens is 290 g/mol. The lowest BCUT2D eigenvalue weighted by atomic mass is 10.3. The molecule has 2 aromatic rings. The number of aliphatic hydroxyl groups excluding tert-OH is 1. The number of hydrogen-bond acceptors (Lipinski definition) is 7. The maximum absolute atomic E-state index is 12.2. The highest BCUT2D eigenvalue weighted by molar-refractivity contribution is 7.89. The molecule has 0 radical (unpaired) electrons. The topological polar surface area (TPSA) is 105 Å². The van der Waals surface area contributed by atoms with Crippen LogP contribution in [0.1, 0.15) is 22.2 Å². The molecule has 0 unspecified atom stereocenters. The zero-order valence-electron chi connectivity index (χ0n) is 10.4. The van der Waals surface area contributed by atoms with Gasteiger partial charge in [-0.25, -0.2) is 13.1 Å². The normalized spacial score (nSPS) is 11.9. The molecule has 7 nitrogen and oxygen atoms in total. The minimum Gasteiger partial charge on any atom is -0.391 e. The zero-order valence-corrected chi connectivity index (χ0v) is 12.0. The maximum atomic E-state index is 12.2. The van der Waals surface area contributed by atoms with E-state index in [1.165, 1.54) is 11.3 Å². The Labute approximate surface area is 114 Å². The van der Waals surface area contributed by atoms with Gasteiger partial charge >= 0.3 is 0 Å². The summed E-state index contributed by atoms with van der Waals surface area (Å²) in [6, 6.07) is 0. The van der Waals surface area contributed by atoms with Crippen LogP contribution in [0.4, 0.5) is 0 Å². The van der Waals surface area contributed by atoms with Crippen LogP contribution in [0.5, 0.6) is 0 Å². The van der Waals surface area contributed by atoms with Crippen molar-refractivity contribution in [2.24, 2.45) is 0 Å². The summed E-state index contributed by atoms with van der Waals surface area (Å²) in [4.78, 5) is 4.45. The van der Waals surface area contributed by atoms with Gasteiger partial charge in [-0.3, -0.25) is 0 Å². The van der Waals surface area contributed by atoms with Crippen LogP contribution in [-0.4, -0.2) is 23.7 Å². The Morgan fingerprint density at radius 3 is 2.79 bits per heavy atom. The van der Waals surface area contributed by atoms with Crippen molar-refractivity contribution in [3.8, 4) is 0 Å². The third-order valence-electron chi connectivity index (χ3n) is 2.39. The van der Waals surface area contributed by atoms with E-state index >= 15 is 0 Å². The highest BCUT2D eigenvalue weighted by atomic mass is 32.2. The summed E-state index contributed by atoms with van der Waals surface area (Å²) in [5.41, 5.74) is 0.603. The van der Waals surface area contributed by atoms with Crippen LogP contribution in [0.3, 0.4) is 0 Å². The number of thiophene rings is 1. The quantitative estimate of drug-likeness (QED) is 0.843. The fourth-order valence-electron chi connectivity index (χ4n) is 1.60. The summed E-state index contributed by atoms with van der Waals surface area (Å²) in [5.74, 6) is 0.636. The summed E-state index contributed by atoms with van der Waals surface area (Å²) in [6.45, 7) is 2.94. The van der Waals surface area contributed by atoms with E-state index in [1.807, 2.05) is 0 Å². The first-order chi connectivity index (χ1) is 8.94. The predicted octanol–water partition coefficient (Wildman–Crippen LogP) is 0.719. The monoisotopic (exact) mass is 303 g/mol. The van der Waals surface area contributed by atoms with Crippen LogP contribution in [0.2, 0.25) is 0 Å². The van der Waals surface area contributed by atoms with E-state index < -0.39 is 10.0 Å². The number of rotatable bonds is 5. The number of aliphatic hydroxyl groups is 1. The van der Waals surface area contributed by atoms with E-state index in [4.69, 9.17) is 9.63 Å². The highest BCUT2D eigenvalue weighted by Crippen LogP contribution is 2.26. The Bertz CT molecular complexity index is 675. The van der Waals surface area contributed by atoms with E-state index in [1.54, 1.807) is 19.2 Å². The van der Waals surface area contributed by atoms with Gasteiger partial charge in [0.05, 0.1) is 18.0 Å². The second-order valence-electron chi connectivity index (χ2n) is 3.88. The zero-order chi connectivity index (χ0) is 14.0. The third kappa shape index (κ3) is 3.00. The van der Waals surface area contributed by atoms with Crippen LogP contribution in [0.25, 0.3) is 0 Å². The second-order valence-corrected chi connectivity index (χ2v) is 6.55. The van der Waals surface area contributed by atoms with E-state index in [9.17, 15) is 8.42 Å². The fraction of sp³-hybridized carbons (Fsp3) is 0.400. The van der Waals surface area contributed by atoms with Gasteiger partial charge in [-0.05, 0) is 17.9 Å². The van der Waals surface area contributed by atoms with E-state index in [2.05, 4.69) is 14.9 Å². The molecule has 2 N–H and O–H groups in total. The first-order valence-corrected chi connectivity index (χ1v) is 7.77. The molecule has 0 aromatic carbocycles. The standard InChI is InChI=1S/C10H13N3O4S2/c1-6-5-18-8(4-14)10(6)19(15,16)11-3-9-12-7(2)17-13-9/h5,11,14H,3-4H2,1-2H3. The van der Waals surface area contributed by atoms with E-state index in [-0.39, 0.29) is 23.9 Å². The first kappa shape index (κ1) is 14.1. The third-order valence-corrected chi connectivity index (χ3v) is 5.24. The van der Waals surface area contributed by atoms with Crippen LogP contribution < -0.4 is 4.72 Å². The average molecular weight is 303 g/mol. The van der Waals surface area contributed by atoms with E-state index in [0.29, 0.717) is 16.3 Å². The van der Waals surface area contributed by atoms with Crippen LogP contribution in [0.15, 0.2) is 14.8 Å². The van der Waals surface area contributed by atoms with Gasteiger partial charge in [0.25, 0.3) is 0 Å². The van der Waals surface area contributed by atoms with Crippen molar-refractivity contribution in [2.75, 3.05) is 0 Å². The summed E-state index contributed by atoms with van der Waals surface area (Å²) in [7, 11) is -3.70. The molecule has 2 heterocycles. The van der Waals surface area contributed by atoms with Gasteiger partial charge in [-0.1, -0.05) is 5.16 Å². The molecule has 0 aliphatic rings. The molecule has 2 rings (SSSR count). The number of nitrogens with zero attached hydrogens (tertiary/aromatic N) is 2. The first-order valence-electron chi connectivity index (χ1n) is 5.40. The molecule has 0 amide bonds. The lowest BCUT2D eigenvalue weighted by molar-refractivity contribution is 0.282. The van der Waals surface area contributed by atoms with Gasteiger partial charge < -0.3 is 9.63 Å². The smallest absolute Gasteiger partial charge is 0.242 e. The predicted molar refractivity (Wildman–Crippen MR) is 68.0 cm³/mol. The van der Waals surface area contributed by atoms with Crippen molar-refractivity contribution in [3.05, 3.63) is 27.5 Å². The molecule has 19 heavy (non-hydrogen) atoms. The van der Waals surface area contributed by atoms with Gasteiger partial charge in [-0.15, -0.1) is 11.3 Å². The number of aromatic nitrogens is 2. The van der Waals surface area contributed by atoms with Crippen molar-refractivity contribution in [1.82, 2.24) is 14.9 Å². The summed E-state index contributed by atoms with van der Waals surface area (Å²) >= 11 is 1.21. The van der Waals surface area contributed by atoms with Crippen LogP contribution in [-0.2, 0) is 23.2 Å². The molecule has 0 saturated carbocycles. The molecular formula is C10H13N3O4S2. The Morgan fingerprint density at radius 1 is 1.47 bits per heavy atom. The fourth-order valence-corrected chi connectivity index (χ4v) is 4.24. The van der Waals surface area contributed by atoms with E-state index in [0.717, 1.165) is 0 Å². The Hall–Kier alpha value is -1.29.